The van der Waals surface area contributed by atoms with Gasteiger partial charge in [0.05, 0.1) is 36.5 Å². The maximum Gasteiger partial charge on any atom is 0.254 e. The first-order valence-corrected chi connectivity index (χ1v) is 13.9. The van der Waals surface area contributed by atoms with Crippen molar-refractivity contribution in [2.45, 2.75) is 38.6 Å². The number of nitrogens with one attached hydrogen (secondary N) is 3. The summed E-state index contributed by atoms with van der Waals surface area (Å²) in [5.74, 6) is 1.74. The van der Waals surface area contributed by atoms with Crippen LogP contribution >= 0.6 is 0 Å². The van der Waals surface area contributed by atoms with Gasteiger partial charge in [-0.25, -0.2) is 0 Å². The number of rotatable bonds is 7. The highest BCUT2D eigenvalue weighted by Crippen LogP contribution is 2.38. The van der Waals surface area contributed by atoms with Gasteiger partial charge in [0.25, 0.3) is 5.91 Å². The molecule has 3 aliphatic heterocycles. The molecule has 39 heavy (non-hydrogen) atoms. The van der Waals surface area contributed by atoms with Gasteiger partial charge in [-0.2, -0.15) is 15.2 Å². The number of carbonyl (C=O) groups is 1. The van der Waals surface area contributed by atoms with Gasteiger partial charge in [0, 0.05) is 62.5 Å². The van der Waals surface area contributed by atoms with Crippen LogP contribution in [0, 0.1) is 11.3 Å². The van der Waals surface area contributed by atoms with E-state index in [1.165, 1.54) is 0 Å². The Balaban J connectivity index is 1.21. The van der Waals surface area contributed by atoms with Crippen molar-refractivity contribution >= 4 is 34.4 Å². The van der Waals surface area contributed by atoms with Gasteiger partial charge in [0.2, 0.25) is 5.95 Å². The summed E-state index contributed by atoms with van der Waals surface area (Å²) in [5.41, 5.74) is 3.43. The van der Waals surface area contributed by atoms with Gasteiger partial charge < -0.3 is 30.0 Å². The van der Waals surface area contributed by atoms with Crippen molar-refractivity contribution in [1.82, 2.24) is 24.8 Å². The number of benzene rings is 1. The number of anilines is 3. The second-order valence-corrected chi connectivity index (χ2v) is 10.2. The molecular weight excluding hydrogens is 496 g/mol. The van der Waals surface area contributed by atoms with Crippen molar-refractivity contribution in [3.63, 3.8) is 0 Å². The average molecular weight is 531 g/mol. The lowest BCUT2D eigenvalue weighted by Gasteiger charge is -2.40. The summed E-state index contributed by atoms with van der Waals surface area (Å²) in [6, 6.07) is 6.49. The van der Waals surface area contributed by atoms with E-state index < -0.39 is 0 Å². The van der Waals surface area contributed by atoms with Crippen molar-refractivity contribution in [1.29, 1.82) is 5.26 Å². The number of hydrogen-bond acceptors (Lipinski definition) is 9. The van der Waals surface area contributed by atoms with Gasteiger partial charge in [-0.05, 0) is 31.4 Å². The fourth-order valence-corrected chi connectivity index (χ4v) is 5.81. The molecule has 0 aliphatic carbocycles. The summed E-state index contributed by atoms with van der Waals surface area (Å²) < 4.78 is 11.5. The number of carbonyl (C=O) groups excluding carboxylic acids is 1. The Kier molecular flexibility index (Phi) is 7.22. The fourth-order valence-electron chi connectivity index (χ4n) is 5.81. The second-order valence-electron chi connectivity index (χ2n) is 10.2. The molecule has 204 valence electrons. The first kappa shape index (κ1) is 25.4. The third kappa shape index (κ3) is 4.97. The summed E-state index contributed by atoms with van der Waals surface area (Å²) >= 11 is 0. The van der Waals surface area contributed by atoms with Gasteiger partial charge in [-0.15, -0.1) is 0 Å². The van der Waals surface area contributed by atoms with Crippen LogP contribution in [0.25, 0.3) is 11.0 Å². The fraction of sp³-hybridized carbons (Fsp3) is 0.500. The number of hydrogen-bond donors (Lipinski definition) is 3. The minimum absolute atomic E-state index is 0.0721. The number of likely N-dealkylation sites (tertiary alicyclic amines) is 1. The summed E-state index contributed by atoms with van der Waals surface area (Å²) in [6.45, 7) is 8.40. The first-order valence-electron chi connectivity index (χ1n) is 13.9. The van der Waals surface area contributed by atoms with Gasteiger partial charge >= 0.3 is 0 Å². The number of amides is 1. The highest BCUT2D eigenvalue weighted by Gasteiger charge is 2.31. The summed E-state index contributed by atoms with van der Waals surface area (Å²) in [4.78, 5) is 30.4. The first-order chi connectivity index (χ1) is 19.2. The van der Waals surface area contributed by atoms with E-state index in [0.717, 1.165) is 76.5 Å². The van der Waals surface area contributed by atoms with Crippen LogP contribution in [0.1, 0.15) is 47.7 Å². The molecule has 0 unspecified atom stereocenters. The lowest BCUT2D eigenvalue weighted by atomic mass is 9.99. The largest absolute Gasteiger partial charge is 0.491 e. The maximum absolute atomic E-state index is 13.6. The van der Waals surface area contributed by atoms with Gasteiger partial charge in [-0.3, -0.25) is 9.69 Å². The third-order valence-electron chi connectivity index (χ3n) is 7.84. The number of fused-ring (bicyclic) bond motifs is 2. The summed E-state index contributed by atoms with van der Waals surface area (Å²) in [7, 11) is 0. The predicted octanol–water partition coefficient (Wildman–Crippen LogP) is 3.27. The summed E-state index contributed by atoms with van der Waals surface area (Å²) in [6.07, 6.45) is 5.23. The number of morpholine rings is 1. The Morgan fingerprint density at radius 3 is 2.77 bits per heavy atom. The number of nitrogens with zero attached hydrogens (tertiary/aromatic N) is 5. The number of ether oxygens (including phenoxy) is 2. The number of piperidine rings is 1. The van der Waals surface area contributed by atoms with Crippen molar-refractivity contribution < 1.29 is 14.3 Å². The number of H-pyrrole nitrogens is 1. The quantitative estimate of drug-likeness (QED) is 0.421. The van der Waals surface area contributed by atoms with Crippen molar-refractivity contribution in [3.8, 4) is 11.8 Å². The van der Waals surface area contributed by atoms with Gasteiger partial charge in [0.15, 0.2) is 0 Å². The highest BCUT2D eigenvalue weighted by molar-refractivity contribution is 5.98. The van der Waals surface area contributed by atoms with E-state index in [1.54, 1.807) is 6.20 Å². The van der Waals surface area contributed by atoms with Crippen LogP contribution in [-0.4, -0.2) is 89.2 Å². The van der Waals surface area contributed by atoms with E-state index in [-0.39, 0.29) is 5.91 Å². The van der Waals surface area contributed by atoms with Crippen molar-refractivity contribution in [2.75, 3.05) is 63.2 Å². The second kappa shape index (κ2) is 11.1. The molecule has 3 aromatic rings. The Morgan fingerprint density at radius 1 is 1.18 bits per heavy atom. The average Bonchev–Trinajstić information content (AvgIpc) is 3.64. The van der Waals surface area contributed by atoms with Crippen molar-refractivity contribution in [2.24, 2.45) is 0 Å². The zero-order valence-corrected chi connectivity index (χ0v) is 22.3. The molecule has 1 amide bonds. The van der Waals surface area contributed by atoms with Crippen LogP contribution in [0.3, 0.4) is 0 Å². The molecule has 3 aliphatic rings. The number of aromatic nitrogens is 3. The molecule has 11 nitrogen and oxygen atoms in total. The zero-order valence-electron chi connectivity index (χ0n) is 22.3. The normalized spacial score (nSPS) is 18.0. The molecule has 0 bridgehead atoms. The van der Waals surface area contributed by atoms with E-state index in [9.17, 15) is 10.1 Å². The van der Waals surface area contributed by atoms with E-state index in [2.05, 4.69) is 43.5 Å². The van der Waals surface area contributed by atoms with E-state index in [1.807, 2.05) is 17.0 Å². The molecular formula is C28H34N8O3. The SMILES string of the molecule is CCCNc1nc(Nc2ccc(C(=O)N3CCC(N4CCOCC4)CC3)c3c2OCC3)nc2[nH]cc(C#N)c12. The molecule has 0 atom stereocenters. The van der Waals surface area contributed by atoms with Gasteiger partial charge in [-0.1, -0.05) is 6.92 Å². The van der Waals surface area contributed by atoms with Gasteiger partial charge in [0.1, 0.15) is 23.3 Å². The molecule has 2 saturated heterocycles. The molecule has 3 N–H and O–H groups in total. The standard InChI is InChI=1S/C28H34N8O3/c1-2-8-30-25-23-18(16-29)17-31-26(23)34-28(33-25)32-22-4-3-21(20-7-13-39-24(20)22)27(37)36-9-5-19(6-10-36)35-11-14-38-15-12-35/h3-4,17,19H,2,5-15H2,1H3,(H3,30,31,32,33,34). The molecule has 0 radical (unpaired) electrons. The lowest BCUT2D eigenvalue weighted by molar-refractivity contribution is 0.00158. The molecule has 0 spiro atoms. The lowest BCUT2D eigenvalue weighted by Crippen LogP contribution is -2.50. The van der Waals surface area contributed by atoms with Crippen LogP contribution in [-0.2, 0) is 11.2 Å². The molecule has 2 aromatic heterocycles. The topological polar surface area (TPSA) is 131 Å². The molecule has 11 heteroatoms. The Morgan fingerprint density at radius 2 is 2.00 bits per heavy atom. The molecule has 1 aromatic carbocycles. The Bertz CT molecular complexity index is 1400. The molecule has 2 fully saturated rings. The zero-order chi connectivity index (χ0) is 26.8. The summed E-state index contributed by atoms with van der Waals surface area (Å²) in [5, 5.41) is 16.8. The maximum atomic E-state index is 13.6. The minimum atomic E-state index is 0.0721. The smallest absolute Gasteiger partial charge is 0.254 e. The third-order valence-corrected chi connectivity index (χ3v) is 7.84. The number of nitriles is 1. The van der Waals surface area contributed by atoms with Crippen LogP contribution < -0.4 is 15.4 Å². The predicted molar refractivity (Wildman–Crippen MR) is 148 cm³/mol. The minimum Gasteiger partial charge on any atom is -0.491 e. The van der Waals surface area contributed by atoms with Crippen LogP contribution in [0.15, 0.2) is 18.3 Å². The Hall–Kier alpha value is -3.88. The van der Waals surface area contributed by atoms with E-state index in [4.69, 9.17) is 9.47 Å². The van der Waals surface area contributed by atoms with E-state index >= 15 is 0 Å². The Labute approximate surface area is 227 Å². The molecule has 5 heterocycles. The molecule has 0 saturated carbocycles. The monoisotopic (exact) mass is 530 g/mol. The number of aromatic amines is 1. The molecule has 6 rings (SSSR count). The van der Waals surface area contributed by atoms with Crippen molar-refractivity contribution in [3.05, 3.63) is 35.0 Å². The van der Waals surface area contributed by atoms with E-state index in [0.29, 0.717) is 58.7 Å². The van der Waals surface area contributed by atoms with Crippen LogP contribution in [0.5, 0.6) is 5.75 Å². The highest BCUT2D eigenvalue weighted by atomic mass is 16.5. The van der Waals surface area contributed by atoms with Crippen LogP contribution in [0.2, 0.25) is 0 Å². The van der Waals surface area contributed by atoms with Crippen LogP contribution in [0.4, 0.5) is 17.5 Å².